The fraction of sp³-hybridized carbons (Fsp3) is 0.368. The first-order valence-corrected chi connectivity index (χ1v) is 9.52. The highest BCUT2D eigenvalue weighted by Gasteiger charge is 2.14. The van der Waals surface area contributed by atoms with Crippen molar-refractivity contribution in [3.8, 4) is 5.75 Å². The Hall–Kier alpha value is -2.19. The number of ether oxygens (including phenoxy) is 1. The number of carbonyl (C=O) groups excluding carboxylic acids is 1. The molecule has 0 spiro atoms. The molecule has 0 bridgehead atoms. The SMILES string of the molecule is O=C(COc1coc(CN2CCCCC2)cc1=O)Nc1ccc(Br)cc1F. The third-order valence-corrected chi connectivity index (χ3v) is 4.74. The lowest BCUT2D eigenvalue weighted by Gasteiger charge is -2.25. The number of benzene rings is 1. The molecule has 144 valence electrons. The maximum absolute atomic E-state index is 13.7. The number of likely N-dealkylation sites (tertiary alicyclic amines) is 1. The summed E-state index contributed by atoms with van der Waals surface area (Å²) in [5.41, 5.74) is -0.313. The summed E-state index contributed by atoms with van der Waals surface area (Å²) in [7, 11) is 0. The van der Waals surface area contributed by atoms with Crippen molar-refractivity contribution in [3.63, 3.8) is 0 Å². The van der Waals surface area contributed by atoms with Gasteiger partial charge >= 0.3 is 0 Å². The lowest BCUT2D eigenvalue weighted by atomic mass is 10.1. The molecule has 0 radical (unpaired) electrons. The van der Waals surface area contributed by atoms with Crippen LogP contribution in [-0.2, 0) is 11.3 Å². The van der Waals surface area contributed by atoms with E-state index in [1.807, 2.05) is 0 Å². The molecule has 6 nitrogen and oxygen atoms in total. The molecule has 1 aromatic heterocycles. The van der Waals surface area contributed by atoms with E-state index in [2.05, 4.69) is 26.1 Å². The molecule has 1 amide bonds. The number of carbonyl (C=O) groups is 1. The second kappa shape index (κ2) is 9.14. The van der Waals surface area contributed by atoms with Crippen LogP contribution in [0.15, 0.2) is 44.2 Å². The average Bonchev–Trinajstić information content (AvgIpc) is 2.64. The van der Waals surface area contributed by atoms with E-state index in [0.717, 1.165) is 25.9 Å². The molecule has 2 heterocycles. The van der Waals surface area contributed by atoms with Gasteiger partial charge < -0.3 is 14.5 Å². The Bertz CT molecular complexity index is 865. The summed E-state index contributed by atoms with van der Waals surface area (Å²) < 4.78 is 25.0. The molecule has 2 aromatic rings. The molecule has 0 saturated carbocycles. The van der Waals surface area contributed by atoms with Crippen LogP contribution in [0.1, 0.15) is 25.0 Å². The summed E-state index contributed by atoms with van der Waals surface area (Å²) in [6.07, 6.45) is 4.76. The zero-order valence-corrected chi connectivity index (χ0v) is 16.3. The van der Waals surface area contributed by atoms with Crippen LogP contribution in [0.3, 0.4) is 0 Å². The third kappa shape index (κ3) is 5.64. The average molecular weight is 439 g/mol. The van der Waals surface area contributed by atoms with Crippen molar-refractivity contribution in [1.82, 2.24) is 4.90 Å². The van der Waals surface area contributed by atoms with E-state index in [1.165, 1.54) is 30.9 Å². The zero-order valence-electron chi connectivity index (χ0n) is 14.7. The van der Waals surface area contributed by atoms with Crippen molar-refractivity contribution < 1.29 is 18.3 Å². The van der Waals surface area contributed by atoms with Crippen molar-refractivity contribution in [2.24, 2.45) is 0 Å². The van der Waals surface area contributed by atoms with Gasteiger partial charge in [0, 0.05) is 10.5 Å². The Labute approximate surface area is 164 Å². The number of nitrogens with one attached hydrogen (secondary N) is 1. The maximum Gasteiger partial charge on any atom is 0.262 e. The lowest BCUT2D eigenvalue weighted by molar-refractivity contribution is -0.118. The van der Waals surface area contributed by atoms with E-state index in [0.29, 0.717) is 16.8 Å². The molecule has 3 rings (SSSR count). The minimum atomic E-state index is -0.576. The first kappa shape index (κ1) is 19.6. The number of halogens is 2. The van der Waals surface area contributed by atoms with Crippen molar-refractivity contribution in [2.45, 2.75) is 25.8 Å². The predicted octanol–water partition coefficient (Wildman–Crippen LogP) is 3.54. The topological polar surface area (TPSA) is 71.8 Å². The fourth-order valence-electron chi connectivity index (χ4n) is 2.89. The van der Waals surface area contributed by atoms with Crippen molar-refractivity contribution in [2.75, 3.05) is 25.0 Å². The molecule has 0 unspecified atom stereocenters. The molecule has 0 atom stereocenters. The van der Waals surface area contributed by atoms with E-state index in [4.69, 9.17) is 9.15 Å². The van der Waals surface area contributed by atoms with Crippen LogP contribution in [0, 0.1) is 5.82 Å². The molecular formula is C19H20BrFN2O4. The fourth-order valence-corrected chi connectivity index (χ4v) is 3.22. The number of nitrogens with zero attached hydrogens (tertiary/aromatic N) is 1. The number of hydrogen-bond donors (Lipinski definition) is 1. The van der Waals surface area contributed by atoms with E-state index in [-0.39, 0.29) is 16.9 Å². The summed E-state index contributed by atoms with van der Waals surface area (Å²) in [4.78, 5) is 26.3. The first-order valence-electron chi connectivity index (χ1n) is 8.73. The van der Waals surface area contributed by atoms with Crippen LogP contribution >= 0.6 is 15.9 Å². The van der Waals surface area contributed by atoms with Gasteiger partial charge in [0.05, 0.1) is 12.2 Å². The Morgan fingerprint density at radius 1 is 1.26 bits per heavy atom. The van der Waals surface area contributed by atoms with Crippen LogP contribution in [0.2, 0.25) is 0 Å². The molecule has 1 aromatic carbocycles. The summed E-state index contributed by atoms with van der Waals surface area (Å²) >= 11 is 3.14. The molecule has 1 saturated heterocycles. The van der Waals surface area contributed by atoms with E-state index in [9.17, 15) is 14.0 Å². The highest BCUT2D eigenvalue weighted by molar-refractivity contribution is 9.10. The van der Waals surface area contributed by atoms with Crippen LogP contribution in [0.5, 0.6) is 5.75 Å². The highest BCUT2D eigenvalue weighted by Crippen LogP contribution is 2.19. The Morgan fingerprint density at radius 2 is 2.04 bits per heavy atom. The van der Waals surface area contributed by atoms with Gasteiger partial charge in [0.15, 0.2) is 6.61 Å². The van der Waals surface area contributed by atoms with Gasteiger partial charge in [0.2, 0.25) is 11.2 Å². The van der Waals surface area contributed by atoms with E-state index in [1.54, 1.807) is 6.07 Å². The van der Waals surface area contributed by atoms with Crippen molar-refractivity contribution >= 4 is 27.5 Å². The Kier molecular flexibility index (Phi) is 6.63. The minimum absolute atomic E-state index is 0.0377. The van der Waals surface area contributed by atoms with Crippen LogP contribution < -0.4 is 15.5 Å². The second-order valence-corrected chi connectivity index (χ2v) is 7.29. The van der Waals surface area contributed by atoms with Crippen molar-refractivity contribution in [3.05, 3.63) is 56.8 Å². The normalized spacial score (nSPS) is 14.7. The smallest absolute Gasteiger partial charge is 0.262 e. The Balaban J connectivity index is 1.54. The number of rotatable bonds is 6. The van der Waals surface area contributed by atoms with Crippen molar-refractivity contribution in [1.29, 1.82) is 0 Å². The van der Waals surface area contributed by atoms with Gasteiger partial charge in [-0.15, -0.1) is 0 Å². The molecule has 0 aliphatic carbocycles. The highest BCUT2D eigenvalue weighted by atomic mass is 79.9. The molecule has 1 N–H and O–H groups in total. The lowest BCUT2D eigenvalue weighted by Crippen LogP contribution is -2.29. The number of anilines is 1. The van der Waals surface area contributed by atoms with Gasteiger partial charge in [-0.25, -0.2) is 4.39 Å². The van der Waals surface area contributed by atoms with Gasteiger partial charge in [-0.05, 0) is 44.1 Å². The van der Waals surface area contributed by atoms with Gasteiger partial charge in [-0.1, -0.05) is 22.4 Å². The minimum Gasteiger partial charge on any atom is -0.477 e. The molecule has 1 aliphatic heterocycles. The number of piperidine rings is 1. The Morgan fingerprint density at radius 3 is 2.74 bits per heavy atom. The van der Waals surface area contributed by atoms with E-state index >= 15 is 0 Å². The number of amides is 1. The van der Waals surface area contributed by atoms with Gasteiger partial charge in [0.25, 0.3) is 5.91 Å². The first-order chi connectivity index (χ1) is 13.0. The summed E-state index contributed by atoms with van der Waals surface area (Å²) in [5.74, 6) is -0.633. The van der Waals surface area contributed by atoms with Gasteiger partial charge in [-0.3, -0.25) is 14.5 Å². The largest absolute Gasteiger partial charge is 0.477 e. The van der Waals surface area contributed by atoms with Crippen LogP contribution in [0.25, 0.3) is 0 Å². The zero-order chi connectivity index (χ0) is 19.2. The van der Waals surface area contributed by atoms with Gasteiger partial charge in [0.1, 0.15) is 17.8 Å². The summed E-state index contributed by atoms with van der Waals surface area (Å²) in [5, 5.41) is 2.39. The third-order valence-electron chi connectivity index (χ3n) is 4.24. The predicted molar refractivity (Wildman–Crippen MR) is 102 cm³/mol. The summed E-state index contributed by atoms with van der Waals surface area (Å²) in [6.45, 7) is 2.15. The molecule has 27 heavy (non-hydrogen) atoms. The quantitative estimate of drug-likeness (QED) is 0.746. The van der Waals surface area contributed by atoms with Gasteiger partial charge in [-0.2, -0.15) is 0 Å². The standard InChI is InChI=1S/C19H20BrFN2O4/c20-13-4-5-16(15(21)8-13)22-19(25)12-27-18-11-26-14(9-17(18)24)10-23-6-2-1-3-7-23/h4-5,8-9,11H,1-3,6-7,10,12H2,(H,22,25). The second-order valence-electron chi connectivity index (χ2n) is 6.37. The monoisotopic (exact) mass is 438 g/mol. The number of hydrogen-bond acceptors (Lipinski definition) is 5. The maximum atomic E-state index is 13.7. The molecule has 1 fully saturated rings. The molecule has 8 heteroatoms. The van der Waals surface area contributed by atoms with E-state index < -0.39 is 18.3 Å². The molecular weight excluding hydrogens is 419 g/mol. The molecule has 1 aliphatic rings. The van der Waals surface area contributed by atoms with Crippen LogP contribution in [-0.4, -0.2) is 30.5 Å². The summed E-state index contributed by atoms with van der Waals surface area (Å²) in [6, 6.07) is 5.67. The van der Waals surface area contributed by atoms with Crippen LogP contribution in [0.4, 0.5) is 10.1 Å².